The second-order valence-electron chi connectivity index (χ2n) is 5.86. The molecule has 124 valence electrons. The predicted octanol–water partition coefficient (Wildman–Crippen LogP) is 2.29. The Morgan fingerprint density at radius 1 is 1.17 bits per heavy atom. The highest BCUT2D eigenvalue weighted by Gasteiger charge is 2.12. The molecule has 0 atom stereocenters. The summed E-state index contributed by atoms with van der Waals surface area (Å²) in [6.07, 6.45) is 8.44. The van der Waals surface area contributed by atoms with Crippen molar-refractivity contribution >= 4 is 17.3 Å². The molecule has 7 heteroatoms. The molecule has 0 amide bonds. The first-order valence-electron chi connectivity index (χ1n) is 8.23. The van der Waals surface area contributed by atoms with Crippen molar-refractivity contribution in [3.63, 3.8) is 0 Å². The Labute approximate surface area is 141 Å². The molecule has 3 rings (SSSR count). The van der Waals surface area contributed by atoms with Crippen LogP contribution in [-0.2, 0) is 0 Å². The van der Waals surface area contributed by atoms with Crippen LogP contribution in [0.4, 0.5) is 17.3 Å². The monoisotopic (exact) mass is 323 g/mol. The van der Waals surface area contributed by atoms with Gasteiger partial charge in [0, 0.05) is 24.5 Å². The molecule has 0 saturated carbocycles. The molecule has 3 heterocycles. The van der Waals surface area contributed by atoms with Crippen LogP contribution in [0.15, 0.2) is 30.7 Å². The van der Waals surface area contributed by atoms with Gasteiger partial charge in [0.25, 0.3) is 0 Å². The lowest BCUT2D eigenvalue weighted by Gasteiger charge is -2.22. The average molecular weight is 323 g/mol. The van der Waals surface area contributed by atoms with Gasteiger partial charge in [0.1, 0.15) is 17.7 Å². The van der Waals surface area contributed by atoms with Gasteiger partial charge in [-0.1, -0.05) is 0 Å². The highest BCUT2D eigenvalue weighted by Crippen LogP contribution is 2.18. The molecule has 2 aromatic rings. The lowest BCUT2D eigenvalue weighted by Crippen LogP contribution is -2.28. The fraction of sp³-hybridized carbons (Fsp3) is 0.412. The third-order valence-corrected chi connectivity index (χ3v) is 4.12. The van der Waals surface area contributed by atoms with E-state index < -0.39 is 0 Å². The number of nitrogens with one attached hydrogen (secondary N) is 3. The Hall–Kier alpha value is -2.72. The number of piperidine rings is 1. The number of aromatic nitrogens is 3. The van der Waals surface area contributed by atoms with Gasteiger partial charge in [-0.25, -0.2) is 15.0 Å². The second kappa shape index (κ2) is 8.22. The lowest BCUT2D eigenvalue weighted by atomic mass is 9.95. The summed E-state index contributed by atoms with van der Waals surface area (Å²) >= 11 is 0. The molecule has 1 aliphatic heterocycles. The number of nitriles is 1. The minimum atomic E-state index is 0.293. The third kappa shape index (κ3) is 4.64. The van der Waals surface area contributed by atoms with Crippen molar-refractivity contribution in [2.45, 2.75) is 19.3 Å². The highest BCUT2D eigenvalue weighted by molar-refractivity contribution is 5.57. The summed E-state index contributed by atoms with van der Waals surface area (Å²) in [4.78, 5) is 12.4. The summed E-state index contributed by atoms with van der Waals surface area (Å²) in [6.45, 7) is 3.24. The summed E-state index contributed by atoms with van der Waals surface area (Å²) < 4.78 is 0. The molecular formula is C17H21N7. The Morgan fingerprint density at radius 3 is 2.79 bits per heavy atom. The van der Waals surface area contributed by atoms with Gasteiger partial charge in [-0.05, 0) is 44.3 Å². The molecule has 0 aromatic carbocycles. The van der Waals surface area contributed by atoms with Crippen LogP contribution in [0.3, 0.4) is 0 Å². The second-order valence-corrected chi connectivity index (χ2v) is 5.86. The van der Waals surface area contributed by atoms with Crippen LogP contribution >= 0.6 is 0 Å². The summed E-state index contributed by atoms with van der Waals surface area (Å²) in [5.74, 6) is 2.07. The first kappa shape index (κ1) is 16.1. The van der Waals surface area contributed by atoms with Crippen LogP contribution in [0.1, 0.15) is 25.0 Å². The van der Waals surface area contributed by atoms with E-state index in [9.17, 15) is 0 Å². The third-order valence-electron chi connectivity index (χ3n) is 4.12. The SMILES string of the molecule is N#Cc1cnc(Nc2cc(NCCC3CCNCC3)ccn2)cn1. The van der Waals surface area contributed by atoms with Crippen LogP contribution in [0.25, 0.3) is 0 Å². The first-order valence-corrected chi connectivity index (χ1v) is 8.23. The van der Waals surface area contributed by atoms with Crippen LogP contribution in [0.5, 0.6) is 0 Å². The molecule has 2 aromatic heterocycles. The van der Waals surface area contributed by atoms with E-state index in [1.807, 2.05) is 18.2 Å². The van der Waals surface area contributed by atoms with E-state index in [1.54, 1.807) is 6.20 Å². The van der Waals surface area contributed by atoms with E-state index >= 15 is 0 Å². The van der Waals surface area contributed by atoms with Crippen LogP contribution < -0.4 is 16.0 Å². The van der Waals surface area contributed by atoms with Crippen molar-refractivity contribution in [1.29, 1.82) is 5.26 Å². The molecule has 7 nitrogen and oxygen atoms in total. The number of hydrogen-bond donors (Lipinski definition) is 3. The fourth-order valence-corrected chi connectivity index (χ4v) is 2.78. The molecule has 1 fully saturated rings. The number of rotatable bonds is 6. The Bertz CT molecular complexity index is 687. The van der Waals surface area contributed by atoms with Crippen molar-refractivity contribution in [2.75, 3.05) is 30.3 Å². The van der Waals surface area contributed by atoms with Gasteiger partial charge >= 0.3 is 0 Å². The molecule has 3 N–H and O–H groups in total. The van der Waals surface area contributed by atoms with Gasteiger partial charge in [-0.2, -0.15) is 5.26 Å². The molecule has 0 bridgehead atoms. The van der Waals surface area contributed by atoms with Crippen molar-refractivity contribution in [3.05, 3.63) is 36.4 Å². The average Bonchev–Trinajstić information content (AvgIpc) is 2.64. The highest BCUT2D eigenvalue weighted by atomic mass is 15.1. The van der Waals surface area contributed by atoms with Crippen molar-refractivity contribution in [1.82, 2.24) is 20.3 Å². The van der Waals surface area contributed by atoms with E-state index in [2.05, 4.69) is 30.9 Å². The normalized spacial score (nSPS) is 14.8. The zero-order valence-corrected chi connectivity index (χ0v) is 13.5. The van der Waals surface area contributed by atoms with Crippen LogP contribution in [0.2, 0.25) is 0 Å². The van der Waals surface area contributed by atoms with E-state index in [0.717, 1.165) is 31.2 Å². The van der Waals surface area contributed by atoms with Gasteiger partial charge in [0.05, 0.1) is 12.4 Å². The van der Waals surface area contributed by atoms with Crippen molar-refractivity contribution < 1.29 is 0 Å². The molecule has 0 aliphatic carbocycles. The quantitative estimate of drug-likeness (QED) is 0.750. The van der Waals surface area contributed by atoms with Crippen LogP contribution in [0, 0.1) is 17.2 Å². The van der Waals surface area contributed by atoms with Gasteiger partial charge in [-0.3, -0.25) is 0 Å². The minimum absolute atomic E-state index is 0.293. The van der Waals surface area contributed by atoms with E-state index in [-0.39, 0.29) is 0 Å². The first-order chi connectivity index (χ1) is 11.8. The largest absolute Gasteiger partial charge is 0.385 e. The van der Waals surface area contributed by atoms with Gasteiger partial charge in [0.2, 0.25) is 0 Å². The maximum absolute atomic E-state index is 8.73. The van der Waals surface area contributed by atoms with Crippen molar-refractivity contribution in [2.24, 2.45) is 5.92 Å². The zero-order valence-electron chi connectivity index (χ0n) is 13.5. The summed E-state index contributed by atoms with van der Waals surface area (Å²) in [6, 6.07) is 5.85. The molecule has 0 radical (unpaired) electrons. The Kier molecular flexibility index (Phi) is 5.53. The fourth-order valence-electron chi connectivity index (χ4n) is 2.78. The zero-order chi connectivity index (χ0) is 16.6. The van der Waals surface area contributed by atoms with Crippen LogP contribution in [-0.4, -0.2) is 34.6 Å². The molecule has 24 heavy (non-hydrogen) atoms. The number of hydrogen-bond acceptors (Lipinski definition) is 7. The maximum atomic E-state index is 8.73. The summed E-state index contributed by atoms with van der Waals surface area (Å²) in [7, 11) is 0. The molecule has 1 aliphatic rings. The van der Waals surface area contributed by atoms with E-state index in [4.69, 9.17) is 5.26 Å². The summed E-state index contributed by atoms with van der Waals surface area (Å²) in [5, 5.41) is 18.7. The topological polar surface area (TPSA) is 98.5 Å². The number of nitrogens with zero attached hydrogens (tertiary/aromatic N) is 4. The Morgan fingerprint density at radius 2 is 2.04 bits per heavy atom. The van der Waals surface area contributed by atoms with Crippen molar-refractivity contribution in [3.8, 4) is 6.07 Å². The standard InChI is InChI=1S/C17H21N7/c18-10-15-11-23-17(12-22-15)24-16-9-14(4-8-21-16)20-7-3-13-1-5-19-6-2-13/h4,8-9,11-13,19H,1-3,5-7H2,(H2,20,21,23,24). The van der Waals surface area contributed by atoms with Gasteiger partial charge in [-0.15, -0.1) is 0 Å². The molecule has 0 unspecified atom stereocenters. The van der Waals surface area contributed by atoms with Gasteiger partial charge in [0.15, 0.2) is 5.69 Å². The van der Waals surface area contributed by atoms with Gasteiger partial charge < -0.3 is 16.0 Å². The maximum Gasteiger partial charge on any atom is 0.158 e. The number of pyridine rings is 1. The Balaban J connectivity index is 1.52. The molecule has 0 spiro atoms. The molecule has 1 saturated heterocycles. The van der Waals surface area contributed by atoms with E-state index in [0.29, 0.717) is 17.3 Å². The minimum Gasteiger partial charge on any atom is -0.385 e. The predicted molar refractivity (Wildman–Crippen MR) is 93.0 cm³/mol. The summed E-state index contributed by atoms with van der Waals surface area (Å²) in [5.41, 5.74) is 1.32. The van der Waals surface area contributed by atoms with E-state index in [1.165, 1.54) is 31.7 Å². The molecular weight excluding hydrogens is 302 g/mol. The number of anilines is 3. The lowest BCUT2D eigenvalue weighted by molar-refractivity contribution is 0.361. The smallest absolute Gasteiger partial charge is 0.158 e.